The molecular formula is C12H14N2O2. The zero-order chi connectivity index (χ0) is 11.5. The fourth-order valence-electron chi connectivity index (χ4n) is 2.01. The normalized spacial score (nSPS) is 18.9. The summed E-state index contributed by atoms with van der Waals surface area (Å²) in [5.74, 6) is 0. The van der Waals surface area contributed by atoms with Crippen LogP contribution in [0.1, 0.15) is 36.6 Å². The average molecular weight is 218 g/mol. The van der Waals surface area contributed by atoms with Crippen LogP contribution < -0.4 is 5.56 Å². The number of fused-ring (bicyclic) bond motifs is 1. The van der Waals surface area contributed by atoms with Gasteiger partial charge >= 0.3 is 0 Å². The number of H-pyrrole nitrogens is 1. The maximum atomic E-state index is 11.5. The molecule has 16 heavy (non-hydrogen) atoms. The Kier molecular flexibility index (Phi) is 3.07. The van der Waals surface area contributed by atoms with Gasteiger partial charge in [-0.2, -0.15) is 5.26 Å². The summed E-state index contributed by atoms with van der Waals surface area (Å²) in [6, 6.07) is 3.52. The Hall–Kier alpha value is -1.60. The molecule has 0 amide bonds. The van der Waals surface area contributed by atoms with E-state index in [1.54, 1.807) is 6.07 Å². The molecule has 2 heterocycles. The maximum Gasteiger partial charge on any atom is 0.266 e. The first kappa shape index (κ1) is 10.9. The van der Waals surface area contributed by atoms with Crippen molar-refractivity contribution in [2.75, 3.05) is 0 Å². The summed E-state index contributed by atoms with van der Waals surface area (Å²) in [6.07, 6.45) is 3.01. The molecule has 1 aliphatic heterocycles. The molecule has 1 aromatic rings. The standard InChI is InChI=1S/C12H14N2O2/c1-2-3-10-5-11-9(7-16-10)4-8(6-13)12(15)14-11/h4,10H,2-3,5,7H2,1H3,(H,14,15)/t10-/m0/s1. The lowest BCUT2D eigenvalue weighted by Gasteiger charge is -2.24. The molecule has 1 aromatic heterocycles. The number of nitrogens with one attached hydrogen (secondary N) is 1. The number of rotatable bonds is 2. The van der Waals surface area contributed by atoms with Gasteiger partial charge in [0.05, 0.1) is 12.7 Å². The predicted octanol–water partition coefficient (Wildman–Crippen LogP) is 1.49. The lowest BCUT2D eigenvalue weighted by Crippen LogP contribution is -2.26. The third-order valence-corrected chi connectivity index (χ3v) is 2.85. The van der Waals surface area contributed by atoms with E-state index < -0.39 is 0 Å². The number of pyridine rings is 1. The second-order valence-electron chi connectivity index (χ2n) is 4.05. The fourth-order valence-corrected chi connectivity index (χ4v) is 2.01. The van der Waals surface area contributed by atoms with Gasteiger partial charge in [-0.05, 0) is 18.1 Å². The molecular weight excluding hydrogens is 204 g/mol. The van der Waals surface area contributed by atoms with E-state index in [1.165, 1.54) is 0 Å². The van der Waals surface area contributed by atoms with E-state index in [-0.39, 0.29) is 17.2 Å². The highest BCUT2D eigenvalue weighted by Gasteiger charge is 2.20. The van der Waals surface area contributed by atoms with Crippen LogP contribution in [0.3, 0.4) is 0 Å². The summed E-state index contributed by atoms with van der Waals surface area (Å²) in [6.45, 7) is 2.60. The summed E-state index contributed by atoms with van der Waals surface area (Å²) >= 11 is 0. The Morgan fingerprint density at radius 1 is 1.69 bits per heavy atom. The summed E-state index contributed by atoms with van der Waals surface area (Å²) in [5, 5.41) is 8.75. The molecule has 1 aliphatic rings. The predicted molar refractivity (Wildman–Crippen MR) is 59.0 cm³/mol. The summed E-state index contributed by atoms with van der Waals surface area (Å²) in [5.41, 5.74) is 1.73. The molecule has 0 fully saturated rings. The number of ether oxygens (including phenoxy) is 1. The first-order valence-corrected chi connectivity index (χ1v) is 5.51. The van der Waals surface area contributed by atoms with Crippen molar-refractivity contribution in [2.45, 2.75) is 38.9 Å². The van der Waals surface area contributed by atoms with Crippen molar-refractivity contribution >= 4 is 0 Å². The number of aromatic amines is 1. The molecule has 0 spiro atoms. The second-order valence-corrected chi connectivity index (χ2v) is 4.05. The molecule has 0 unspecified atom stereocenters. The highest BCUT2D eigenvalue weighted by molar-refractivity contribution is 5.33. The van der Waals surface area contributed by atoms with Crippen molar-refractivity contribution in [2.24, 2.45) is 0 Å². The van der Waals surface area contributed by atoms with Crippen LogP contribution in [0.5, 0.6) is 0 Å². The van der Waals surface area contributed by atoms with Crippen LogP contribution in [0.2, 0.25) is 0 Å². The maximum absolute atomic E-state index is 11.5. The molecule has 0 saturated carbocycles. The van der Waals surface area contributed by atoms with E-state index >= 15 is 0 Å². The minimum Gasteiger partial charge on any atom is -0.373 e. The third-order valence-electron chi connectivity index (χ3n) is 2.85. The number of aromatic nitrogens is 1. The Balaban J connectivity index is 2.30. The largest absolute Gasteiger partial charge is 0.373 e. The van der Waals surface area contributed by atoms with Crippen LogP contribution in [-0.2, 0) is 17.8 Å². The number of nitriles is 1. The van der Waals surface area contributed by atoms with E-state index in [4.69, 9.17) is 10.00 Å². The topological polar surface area (TPSA) is 65.9 Å². The lowest BCUT2D eigenvalue weighted by atomic mass is 10.0. The average Bonchev–Trinajstić information content (AvgIpc) is 2.28. The van der Waals surface area contributed by atoms with Crippen molar-refractivity contribution in [3.63, 3.8) is 0 Å². The van der Waals surface area contributed by atoms with Crippen molar-refractivity contribution in [3.8, 4) is 6.07 Å². The van der Waals surface area contributed by atoms with Gasteiger partial charge in [-0.25, -0.2) is 0 Å². The van der Waals surface area contributed by atoms with Crippen molar-refractivity contribution in [3.05, 3.63) is 33.2 Å². The van der Waals surface area contributed by atoms with E-state index in [9.17, 15) is 4.79 Å². The van der Waals surface area contributed by atoms with E-state index in [2.05, 4.69) is 11.9 Å². The van der Waals surface area contributed by atoms with E-state index in [0.29, 0.717) is 6.61 Å². The molecule has 1 N–H and O–H groups in total. The van der Waals surface area contributed by atoms with E-state index in [1.807, 2.05) is 6.07 Å². The third kappa shape index (κ3) is 2.00. The second kappa shape index (κ2) is 4.50. The van der Waals surface area contributed by atoms with Gasteiger partial charge in [0.25, 0.3) is 5.56 Å². The van der Waals surface area contributed by atoms with Gasteiger partial charge in [-0.1, -0.05) is 13.3 Å². The van der Waals surface area contributed by atoms with Crippen LogP contribution >= 0.6 is 0 Å². The minimum absolute atomic E-state index is 0.163. The van der Waals surface area contributed by atoms with Gasteiger partial charge in [-0.3, -0.25) is 4.79 Å². The van der Waals surface area contributed by atoms with Crippen molar-refractivity contribution < 1.29 is 4.74 Å². The SMILES string of the molecule is CCC[C@H]1Cc2[nH]c(=O)c(C#N)cc2CO1. The summed E-state index contributed by atoms with van der Waals surface area (Å²) in [4.78, 5) is 14.2. The summed E-state index contributed by atoms with van der Waals surface area (Å²) < 4.78 is 5.65. The van der Waals surface area contributed by atoms with Gasteiger partial charge in [0.1, 0.15) is 11.6 Å². The minimum atomic E-state index is -0.293. The molecule has 84 valence electrons. The Morgan fingerprint density at radius 2 is 2.50 bits per heavy atom. The van der Waals surface area contributed by atoms with Crippen molar-refractivity contribution in [1.82, 2.24) is 4.98 Å². The van der Waals surface area contributed by atoms with Gasteiger partial charge in [0.2, 0.25) is 0 Å². The molecule has 0 aliphatic carbocycles. The molecule has 4 nitrogen and oxygen atoms in total. The first-order valence-electron chi connectivity index (χ1n) is 5.51. The number of hydrogen-bond acceptors (Lipinski definition) is 3. The Labute approximate surface area is 93.9 Å². The van der Waals surface area contributed by atoms with Crippen molar-refractivity contribution in [1.29, 1.82) is 5.26 Å². The van der Waals surface area contributed by atoms with Crippen LogP contribution in [0.15, 0.2) is 10.9 Å². The van der Waals surface area contributed by atoms with Crippen LogP contribution in [0, 0.1) is 11.3 Å². The zero-order valence-electron chi connectivity index (χ0n) is 9.25. The Morgan fingerprint density at radius 3 is 3.19 bits per heavy atom. The lowest BCUT2D eigenvalue weighted by molar-refractivity contribution is 0.0214. The highest BCUT2D eigenvalue weighted by atomic mass is 16.5. The number of hydrogen-bond donors (Lipinski definition) is 1. The molecule has 1 atom stereocenters. The molecule has 0 saturated heterocycles. The van der Waals surface area contributed by atoms with Crippen LogP contribution in [0.25, 0.3) is 0 Å². The first-order chi connectivity index (χ1) is 7.74. The van der Waals surface area contributed by atoms with Gasteiger partial charge in [0.15, 0.2) is 0 Å². The van der Waals surface area contributed by atoms with Gasteiger partial charge in [0, 0.05) is 12.1 Å². The van der Waals surface area contributed by atoms with Crippen LogP contribution in [0.4, 0.5) is 0 Å². The molecule has 0 aromatic carbocycles. The molecule has 2 rings (SSSR count). The smallest absolute Gasteiger partial charge is 0.266 e. The zero-order valence-corrected chi connectivity index (χ0v) is 9.25. The monoisotopic (exact) mass is 218 g/mol. The van der Waals surface area contributed by atoms with Gasteiger partial charge in [-0.15, -0.1) is 0 Å². The fraction of sp³-hybridized carbons (Fsp3) is 0.500. The molecule has 0 bridgehead atoms. The molecule has 4 heteroatoms. The van der Waals surface area contributed by atoms with Gasteiger partial charge < -0.3 is 9.72 Å². The Bertz CT molecular complexity index is 485. The summed E-state index contributed by atoms with van der Waals surface area (Å²) in [7, 11) is 0. The van der Waals surface area contributed by atoms with Crippen LogP contribution in [-0.4, -0.2) is 11.1 Å². The number of nitrogens with zero attached hydrogens (tertiary/aromatic N) is 1. The quantitative estimate of drug-likeness (QED) is 0.817. The van der Waals surface area contributed by atoms with E-state index in [0.717, 1.165) is 30.5 Å². The molecule has 0 radical (unpaired) electrons. The highest BCUT2D eigenvalue weighted by Crippen LogP contribution is 2.20.